The van der Waals surface area contributed by atoms with Gasteiger partial charge in [-0.15, -0.1) is 0 Å². The van der Waals surface area contributed by atoms with Crippen LogP contribution in [0.25, 0.3) is 0 Å². The molecule has 0 aliphatic carbocycles. The fourth-order valence-corrected chi connectivity index (χ4v) is 2.83. The molecule has 1 aromatic carbocycles. The maximum Gasteiger partial charge on any atom is 0.248 e. The van der Waals surface area contributed by atoms with Crippen molar-refractivity contribution in [3.63, 3.8) is 0 Å². The van der Waals surface area contributed by atoms with Crippen LogP contribution in [0.15, 0.2) is 24.3 Å². The van der Waals surface area contributed by atoms with Crippen LogP contribution in [0.2, 0.25) is 0 Å². The molecule has 1 aromatic rings. The zero-order chi connectivity index (χ0) is 15.8. The fourth-order valence-electron chi connectivity index (χ4n) is 2.83. The van der Waals surface area contributed by atoms with E-state index in [4.69, 9.17) is 0 Å². The lowest BCUT2D eigenvalue weighted by Crippen LogP contribution is -2.68. The molecule has 0 radical (unpaired) electrons. The molecule has 0 bridgehead atoms. The van der Waals surface area contributed by atoms with Crippen LogP contribution >= 0.6 is 0 Å². The molecule has 1 heterocycles. The zero-order valence-corrected chi connectivity index (χ0v) is 12.8. The number of carbonyl (C=O) groups is 2. The van der Waals surface area contributed by atoms with Gasteiger partial charge in [-0.1, -0.05) is 25.1 Å². The predicted octanol–water partition coefficient (Wildman–Crippen LogP) is 2.40. The van der Waals surface area contributed by atoms with Crippen LogP contribution in [-0.4, -0.2) is 28.3 Å². The van der Waals surface area contributed by atoms with Gasteiger partial charge in [0.05, 0.1) is 6.04 Å². The Morgan fingerprint density at radius 3 is 2.52 bits per heavy atom. The van der Waals surface area contributed by atoms with Crippen LogP contribution in [0.5, 0.6) is 0 Å². The maximum atomic E-state index is 14.0. The Kier molecular flexibility index (Phi) is 4.03. The molecule has 0 aromatic heterocycles. The lowest BCUT2D eigenvalue weighted by molar-refractivity contribution is -0.156. The van der Waals surface area contributed by atoms with E-state index in [1.807, 2.05) is 6.92 Å². The third kappa shape index (κ3) is 2.64. The molecule has 2 rings (SSSR count). The fraction of sp³-hybridized carbons (Fsp3) is 0.500. The number of amides is 2. The molecule has 1 fully saturated rings. The van der Waals surface area contributed by atoms with Crippen molar-refractivity contribution >= 4 is 11.8 Å². The summed E-state index contributed by atoms with van der Waals surface area (Å²) >= 11 is 0. The number of nitrogens with zero attached hydrogens (tertiary/aromatic N) is 1. The largest absolute Gasteiger partial charge is 0.340 e. The summed E-state index contributed by atoms with van der Waals surface area (Å²) in [5.41, 5.74) is -0.544. The van der Waals surface area contributed by atoms with Crippen molar-refractivity contribution in [1.82, 2.24) is 10.2 Å². The van der Waals surface area contributed by atoms with E-state index in [1.54, 1.807) is 39.0 Å². The van der Waals surface area contributed by atoms with Crippen LogP contribution in [0.1, 0.15) is 45.7 Å². The summed E-state index contributed by atoms with van der Waals surface area (Å²) in [6, 6.07) is 5.30. The Bertz CT molecular complexity index is 571. The van der Waals surface area contributed by atoms with Crippen LogP contribution in [-0.2, 0) is 9.59 Å². The Hall–Kier alpha value is -1.91. The number of hydrogen-bond acceptors (Lipinski definition) is 2. The highest BCUT2D eigenvalue weighted by Gasteiger charge is 2.46. The highest BCUT2D eigenvalue weighted by Crippen LogP contribution is 2.31. The molecular formula is C16H21FN2O2. The van der Waals surface area contributed by atoms with E-state index in [2.05, 4.69) is 5.32 Å². The highest BCUT2D eigenvalue weighted by atomic mass is 19.1. The number of carbonyl (C=O) groups excluding carboxylic acids is 2. The first kappa shape index (κ1) is 15.5. The second-order valence-electron chi connectivity index (χ2n) is 5.95. The van der Waals surface area contributed by atoms with Gasteiger partial charge in [-0.2, -0.15) is 0 Å². The average Bonchev–Trinajstić information content (AvgIpc) is 2.42. The number of nitrogens with one attached hydrogen (secondary N) is 1. The first-order valence-corrected chi connectivity index (χ1v) is 7.18. The van der Waals surface area contributed by atoms with Crippen molar-refractivity contribution in [2.24, 2.45) is 0 Å². The average molecular weight is 292 g/mol. The normalized spacial score (nSPS) is 22.9. The number of hydrogen-bond donors (Lipinski definition) is 1. The van der Waals surface area contributed by atoms with Crippen molar-refractivity contribution in [1.29, 1.82) is 0 Å². The van der Waals surface area contributed by atoms with Crippen molar-refractivity contribution in [3.8, 4) is 0 Å². The van der Waals surface area contributed by atoms with Crippen molar-refractivity contribution in [3.05, 3.63) is 35.6 Å². The van der Waals surface area contributed by atoms with E-state index < -0.39 is 17.6 Å². The number of benzene rings is 1. The minimum absolute atomic E-state index is 0.190. The van der Waals surface area contributed by atoms with Crippen molar-refractivity contribution < 1.29 is 14.0 Å². The van der Waals surface area contributed by atoms with E-state index in [9.17, 15) is 14.0 Å². The monoisotopic (exact) mass is 292 g/mol. The lowest BCUT2D eigenvalue weighted by atomic mass is 9.92. The maximum absolute atomic E-state index is 14.0. The molecule has 21 heavy (non-hydrogen) atoms. The summed E-state index contributed by atoms with van der Waals surface area (Å²) in [6.45, 7) is 6.94. The Labute approximate surface area is 124 Å². The van der Waals surface area contributed by atoms with Crippen molar-refractivity contribution in [2.45, 2.75) is 51.7 Å². The summed E-state index contributed by atoms with van der Waals surface area (Å²) in [5, 5.41) is 2.73. The van der Waals surface area contributed by atoms with Gasteiger partial charge in [-0.05, 0) is 33.3 Å². The van der Waals surface area contributed by atoms with Crippen molar-refractivity contribution in [2.75, 3.05) is 0 Å². The first-order valence-electron chi connectivity index (χ1n) is 7.18. The number of halogens is 1. The smallest absolute Gasteiger partial charge is 0.248 e. The van der Waals surface area contributed by atoms with E-state index in [-0.39, 0.29) is 17.6 Å². The van der Waals surface area contributed by atoms with E-state index >= 15 is 0 Å². The molecule has 2 unspecified atom stereocenters. The van der Waals surface area contributed by atoms with Gasteiger partial charge in [0.15, 0.2) is 0 Å². The first-order chi connectivity index (χ1) is 9.79. The SMILES string of the molecule is CCC1C(=O)NC(C)(C)C(=O)N1C(C)c1ccccc1F. The second-order valence-corrected chi connectivity index (χ2v) is 5.95. The molecule has 2 amide bonds. The van der Waals surface area contributed by atoms with Gasteiger partial charge in [0.25, 0.3) is 0 Å². The van der Waals surface area contributed by atoms with Gasteiger partial charge >= 0.3 is 0 Å². The molecule has 1 N–H and O–H groups in total. The topological polar surface area (TPSA) is 49.4 Å². The molecule has 1 aliphatic rings. The molecule has 0 spiro atoms. The molecule has 1 aliphatic heterocycles. The molecule has 114 valence electrons. The third-order valence-electron chi connectivity index (χ3n) is 4.00. The van der Waals surface area contributed by atoms with Crippen LogP contribution in [0.3, 0.4) is 0 Å². The summed E-state index contributed by atoms with van der Waals surface area (Å²) in [6.07, 6.45) is 0.493. The predicted molar refractivity (Wildman–Crippen MR) is 78.0 cm³/mol. The van der Waals surface area contributed by atoms with Gasteiger partial charge in [-0.3, -0.25) is 9.59 Å². The van der Waals surface area contributed by atoms with E-state index in [0.29, 0.717) is 12.0 Å². The third-order valence-corrected chi connectivity index (χ3v) is 4.00. The quantitative estimate of drug-likeness (QED) is 0.930. The van der Waals surface area contributed by atoms with E-state index in [1.165, 1.54) is 11.0 Å². The minimum Gasteiger partial charge on any atom is -0.340 e. The molecule has 0 saturated carbocycles. The molecule has 5 heteroatoms. The summed E-state index contributed by atoms with van der Waals surface area (Å²) in [7, 11) is 0. The van der Waals surface area contributed by atoms with Crippen LogP contribution < -0.4 is 5.32 Å². The van der Waals surface area contributed by atoms with Gasteiger partial charge < -0.3 is 10.2 Å². The van der Waals surface area contributed by atoms with Crippen LogP contribution in [0, 0.1) is 5.82 Å². The molecular weight excluding hydrogens is 271 g/mol. The summed E-state index contributed by atoms with van der Waals surface area (Å²) < 4.78 is 14.0. The van der Waals surface area contributed by atoms with Gasteiger partial charge in [0, 0.05) is 5.56 Å². The Balaban J connectivity index is 2.44. The number of piperazine rings is 1. The van der Waals surface area contributed by atoms with Gasteiger partial charge in [0.2, 0.25) is 11.8 Å². The molecule has 1 saturated heterocycles. The zero-order valence-electron chi connectivity index (χ0n) is 12.8. The van der Waals surface area contributed by atoms with E-state index in [0.717, 1.165) is 0 Å². The Morgan fingerprint density at radius 2 is 1.95 bits per heavy atom. The standard InChI is InChI=1S/C16H21FN2O2/c1-5-13-14(20)18-16(3,4)15(21)19(13)10(2)11-8-6-7-9-12(11)17/h6-10,13H,5H2,1-4H3,(H,18,20). The lowest BCUT2D eigenvalue weighted by Gasteiger charge is -2.45. The Morgan fingerprint density at radius 1 is 1.33 bits per heavy atom. The van der Waals surface area contributed by atoms with Crippen LogP contribution in [0.4, 0.5) is 4.39 Å². The highest BCUT2D eigenvalue weighted by molar-refractivity contribution is 5.99. The summed E-state index contributed by atoms with van der Waals surface area (Å²) in [4.78, 5) is 26.4. The minimum atomic E-state index is -0.970. The van der Waals surface area contributed by atoms with Gasteiger partial charge in [0.1, 0.15) is 17.4 Å². The summed E-state index contributed by atoms with van der Waals surface area (Å²) in [5.74, 6) is -0.744. The second kappa shape index (κ2) is 5.47. The molecule has 4 nitrogen and oxygen atoms in total. The number of rotatable bonds is 3. The van der Waals surface area contributed by atoms with Gasteiger partial charge in [-0.25, -0.2) is 4.39 Å². The molecule has 2 atom stereocenters.